The van der Waals surface area contributed by atoms with Crippen molar-refractivity contribution in [3.8, 4) is 0 Å². The van der Waals surface area contributed by atoms with Crippen LogP contribution in [0.4, 0.5) is 4.79 Å². The molecule has 0 aliphatic heterocycles. The van der Waals surface area contributed by atoms with Gasteiger partial charge in [-0.1, -0.05) is 60.7 Å². The number of urea groups is 1. The zero-order chi connectivity index (χ0) is 14.9. The van der Waals surface area contributed by atoms with Gasteiger partial charge in [0.05, 0.1) is 0 Å². The molecule has 1 unspecified atom stereocenters. The second-order valence-electron chi connectivity index (χ2n) is 4.90. The summed E-state index contributed by atoms with van der Waals surface area (Å²) in [6.45, 7) is 1.20. The molecule has 0 saturated carbocycles. The van der Waals surface area contributed by atoms with E-state index in [-0.39, 0.29) is 6.04 Å². The van der Waals surface area contributed by atoms with E-state index in [0.717, 1.165) is 6.42 Å². The molecule has 4 nitrogen and oxygen atoms in total. The lowest BCUT2D eigenvalue weighted by molar-refractivity contribution is 0.249. The lowest BCUT2D eigenvalue weighted by Crippen LogP contribution is -2.36. The summed E-state index contributed by atoms with van der Waals surface area (Å²) in [6, 6.07) is 20.4. The number of carbonyl (C=O) groups excluding carboxylic acids is 1. The van der Waals surface area contributed by atoms with Gasteiger partial charge in [0.2, 0.25) is 0 Å². The highest BCUT2D eigenvalue weighted by Gasteiger charge is 2.11. The average molecular weight is 283 g/mol. The first-order valence-electron chi connectivity index (χ1n) is 7.11. The molecule has 0 spiro atoms. The largest absolute Gasteiger partial charge is 0.352 e. The lowest BCUT2D eigenvalue weighted by atomic mass is 9.99. The Morgan fingerprint density at radius 1 is 0.952 bits per heavy atom. The molecule has 4 N–H and O–H groups in total. The summed E-state index contributed by atoms with van der Waals surface area (Å²) in [4.78, 5) is 10.7. The molecule has 0 aliphatic rings. The Balaban J connectivity index is 1.99. The van der Waals surface area contributed by atoms with Gasteiger partial charge in [0.25, 0.3) is 0 Å². The van der Waals surface area contributed by atoms with E-state index in [1.54, 1.807) is 0 Å². The molecule has 1 atom stereocenters. The van der Waals surface area contributed by atoms with Crippen molar-refractivity contribution in [1.82, 2.24) is 10.6 Å². The number of amides is 2. The number of primary amides is 1. The highest BCUT2D eigenvalue weighted by molar-refractivity contribution is 5.71. The van der Waals surface area contributed by atoms with E-state index in [1.807, 2.05) is 36.4 Å². The Labute approximate surface area is 125 Å². The molecule has 21 heavy (non-hydrogen) atoms. The molecule has 0 heterocycles. The van der Waals surface area contributed by atoms with Gasteiger partial charge >= 0.3 is 6.03 Å². The van der Waals surface area contributed by atoms with Gasteiger partial charge in [-0.25, -0.2) is 4.79 Å². The normalized spacial score (nSPS) is 11.8. The zero-order valence-electron chi connectivity index (χ0n) is 12.0. The van der Waals surface area contributed by atoms with Gasteiger partial charge in [-0.05, 0) is 17.5 Å². The molecule has 2 aromatic rings. The number of rotatable bonds is 7. The Kier molecular flexibility index (Phi) is 5.79. The molecule has 0 aromatic heterocycles. The van der Waals surface area contributed by atoms with E-state index in [1.165, 1.54) is 11.1 Å². The minimum atomic E-state index is -0.490. The number of nitrogens with two attached hydrogens (primary N) is 1. The third-order valence-corrected chi connectivity index (χ3v) is 3.30. The van der Waals surface area contributed by atoms with E-state index in [0.29, 0.717) is 13.1 Å². The highest BCUT2D eigenvalue weighted by atomic mass is 16.2. The molecule has 2 rings (SSSR count). The van der Waals surface area contributed by atoms with Crippen LogP contribution in [0.5, 0.6) is 0 Å². The number of benzene rings is 2. The lowest BCUT2D eigenvalue weighted by Gasteiger charge is -2.19. The molecule has 110 valence electrons. The predicted octanol–water partition coefficient (Wildman–Crippen LogP) is 2.23. The molecule has 4 heteroatoms. The van der Waals surface area contributed by atoms with Gasteiger partial charge in [0.15, 0.2) is 0 Å². The Morgan fingerprint density at radius 3 is 2.19 bits per heavy atom. The number of nitrogens with one attached hydrogen (secondary N) is 2. The van der Waals surface area contributed by atoms with Gasteiger partial charge in [0, 0.05) is 19.1 Å². The molecule has 0 radical (unpaired) electrons. The van der Waals surface area contributed by atoms with Crippen LogP contribution in [0, 0.1) is 0 Å². The third-order valence-electron chi connectivity index (χ3n) is 3.30. The first kappa shape index (κ1) is 15.1. The van der Waals surface area contributed by atoms with Crippen LogP contribution in [-0.2, 0) is 6.42 Å². The maximum atomic E-state index is 10.7. The van der Waals surface area contributed by atoms with Crippen molar-refractivity contribution in [2.24, 2.45) is 5.73 Å². The quantitative estimate of drug-likeness (QED) is 0.682. The maximum Gasteiger partial charge on any atom is 0.312 e. The number of hydrogen-bond acceptors (Lipinski definition) is 2. The van der Waals surface area contributed by atoms with Crippen molar-refractivity contribution < 1.29 is 4.79 Å². The van der Waals surface area contributed by atoms with E-state index in [2.05, 4.69) is 34.9 Å². The fraction of sp³-hybridized carbons (Fsp3) is 0.235. The molecule has 0 aliphatic carbocycles. The van der Waals surface area contributed by atoms with Crippen LogP contribution >= 0.6 is 0 Å². The Hall–Kier alpha value is -2.33. The number of carbonyl (C=O) groups is 1. The topological polar surface area (TPSA) is 67.2 Å². The van der Waals surface area contributed by atoms with Gasteiger partial charge < -0.3 is 16.4 Å². The second-order valence-corrected chi connectivity index (χ2v) is 4.90. The Bertz CT molecular complexity index is 542. The highest BCUT2D eigenvalue weighted by Crippen LogP contribution is 2.17. The monoisotopic (exact) mass is 283 g/mol. The van der Waals surface area contributed by atoms with Crippen LogP contribution in [0.3, 0.4) is 0 Å². The molecule has 0 saturated heterocycles. The molecular formula is C17H21N3O. The van der Waals surface area contributed by atoms with Crippen LogP contribution in [0.1, 0.15) is 17.2 Å². The van der Waals surface area contributed by atoms with Gasteiger partial charge in [-0.3, -0.25) is 0 Å². The van der Waals surface area contributed by atoms with Crippen molar-refractivity contribution in [2.75, 3.05) is 13.1 Å². The van der Waals surface area contributed by atoms with Gasteiger partial charge in [-0.2, -0.15) is 0 Å². The van der Waals surface area contributed by atoms with E-state index in [9.17, 15) is 4.79 Å². The predicted molar refractivity (Wildman–Crippen MR) is 84.9 cm³/mol. The van der Waals surface area contributed by atoms with Gasteiger partial charge in [-0.15, -0.1) is 0 Å². The van der Waals surface area contributed by atoms with Crippen molar-refractivity contribution >= 4 is 6.03 Å². The maximum absolute atomic E-state index is 10.7. The molecule has 0 fully saturated rings. The summed E-state index contributed by atoms with van der Waals surface area (Å²) in [5.74, 6) is 0. The van der Waals surface area contributed by atoms with Crippen molar-refractivity contribution in [3.63, 3.8) is 0 Å². The smallest absolute Gasteiger partial charge is 0.312 e. The van der Waals surface area contributed by atoms with Crippen molar-refractivity contribution in [3.05, 3.63) is 71.8 Å². The summed E-state index contributed by atoms with van der Waals surface area (Å²) in [5, 5.41) is 6.06. The van der Waals surface area contributed by atoms with Crippen molar-refractivity contribution in [2.45, 2.75) is 12.5 Å². The fourth-order valence-corrected chi connectivity index (χ4v) is 2.28. The fourth-order valence-electron chi connectivity index (χ4n) is 2.28. The minimum absolute atomic E-state index is 0.211. The first-order valence-corrected chi connectivity index (χ1v) is 7.11. The minimum Gasteiger partial charge on any atom is -0.352 e. The summed E-state index contributed by atoms with van der Waals surface area (Å²) in [6.07, 6.45) is 0.904. The average Bonchev–Trinajstić information content (AvgIpc) is 2.52. The van der Waals surface area contributed by atoms with Crippen molar-refractivity contribution in [1.29, 1.82) is 0 Å². The van der Waals surface area contributed by atoms with E-state index in [4.69, 9.17) is 5.73 Å². The molecule has 2 aromatic carbocycles. The van der Waals surface area contributed by atoms with Crippen LogP contribution in [0.2, 0.25) is 0 Å². The van der Waals surface area contributed by atoms with Crippen LogP contribution in [0.25, 0.3) is 0 Å². The van der Waals surface area contributed by atoms with Crippen LogP contribution < -0.4 is 16.4 Å². The third kappa shape index (κ3) is 5.28. The first-order chi connectivity index (χ1) is 10.3. The summed E-state index contributed by atoms with van der Waals surface area (Å²) < 4.78 is 0. The molecule has 0 bridgehead atoms. The number of hydrogen-bond donors (Lipinski definition) is 3. The summed E-state index contributed by atoms with van der Waals surface area (Å²) in [5.41, 5.74) is 7.58. The van der Waals surface area contributed by atoms with Gasteiger partial charge in [0.1, 0.15) is 0 Å². The molecule has 2 amide bonds. The second kappa shape index (κ2) is 8.07. The summed E-state index contributed by atoms with van der Waals surface area (Å²) >= 11 is 0. The van der Waals surface area contributed by atoms with E-state index < -0.39 is 6.03 Å². The standard InChI is InChI=1S/C17H21N3O/c18-17(21)20-12-11-19-16(15-9-5-2-6-10-15)13-14-7-3-1-4-8-14/h1-10,16,19H,11-13H2,(H3,18,20,21). The van der Waals surface area contributed by atoms with Crippen LogP contribution in [0.15, 0.2) is 60.7 Å². The summed E-state index contributed by atoms with van der Waals surface area (Å²) in [7, 11) is 0. The van der Waals surface area contributed by atoms with Crippen LogP contribution in [-0.4, -0.2) is 19.1 Å². The molecular weight excluding hydrogens is 262 g/mol. The Morgan fingerprint density at radius 2 is 1.57 bits per heavy atom. The SMILES string of the molecule is NC(=O)NCCNC(Cc1ccccc1)c1ccccc1. The van der Waals surface area contributed by atoms with E-state index >= 15 is 0 Å². The zero-order valence-corrected chi connectivity index (χ0v) is 12.0.